The first kappa shape index (κ1) is 14.4. The first-order chi connectivity index (χ1) is 7.35. The van der Waals surface area contributed by atoms with E-state index in [9.17, 15) is 0 Å². The average molecular weight is 320 g/mol. The predicted octanol–water partition coefficient (Wildman–Crippen LogP) is 4.79. The fourth-order valence-corrected chi connectivity index (χ4v) is 14.4. The van der Waals surface area contributed by atoms with Crippen LogP contribution in [0.1, 0.15) is 41.5 Å². The van der Waals surface area contributed by atoms with E-state index in [4.69, 9.17) is 0 Å². The van der Waals surface area contributed by atoms with Crippen LogP contribution in [-0.2, 0) is 0 Å². The molecule has 0 spiro atoms. The van der Waals surface area contributed by atoms with Gasteiger partial charge in [0.2, 0.25) is 0 Å². The molecule has 0 unspecified atom stereocenters. The van der Waals surface area contributed by atoms with Crippen molar-refractivity contribution < 1.29 is 0 Å². The second kappa shape index (κ2) is 5.32. The van der Waals surface area contributed by atoms with Gasteiger partial charge in [-0.3, -0.25) is 0 Å². The van der Waals surface area contributed by atoms with Gasteiger partial charge in [0, 0.05) is 4.50 Å². The van der Waals surface area contributed by atoms with Gasteiger partial charge in [-0.25, -0.2) is 4.98 Å². The van der Waals surface area contributed by atoms with Crippen molar-refractivity contribution >= 4 is 39.8 Å². The molecule has 1 nitrogen and oxygen atoms in total. The van der Waals surface area contributed by atoms with E-state index in [1.807, 2.05) is 16.8 Å². The lowest BCUT2D eigenvalue weighted by molar-refractivity contribution is 0.836. The minimum Gasteiger partial charge on any atom is -0.238 e. The summed E-state index contributed by atoms with van der Waals surface area (Å²) in [5, 5.41) is 0. The average Bonchev–Trinajstić information content (AvgIpc) is 2.51. The van der Waals surface area contributed by atoms with E-state index in [0.717, 1.165) is 21.2 Å². The minimum absolute atomic E-state index is 0.754. The Balaban J connectivity index is 3.39. The summed E-state index contributed by atoms with van der Waals surface area (Å²) in [5.41, 5.74) is 4.24. The van der Waals surface area contributed by atoms with E-state index < -0.39 is 8.07 Å². The Morgan fingerprint density at radius 2 is 1.50 bits per heavy atom. The zero-order valence-electron chi connectivity index (χ0n) is 11.0. The number of halogens is 1. The Labute approximate surface area is 113 Å². The zero-order chi connectivity index (χ0) is 12.5. The Kier molecular flexibility index (Phi) is 4.78. The molecule has 0 N–H and O–H groups in total. The number of thiazole rings is 1. The fraction of sp³-hybridized carbons (Fsp3) is 0.750. The maximum Gasteiger partial charge on any atom is 0.115 e. The van der Waals surface area contributed by atoms with Crippen molar-refractivity contribution in [2.75, 3.05) is 0 Å². The lowest BCUT2D eigenvalue weighted by Crippen LogP contribution is -2.54. The molecule has 1 aromatic rings. The Morgan fingerprint density at radius 3 is 1.75 bits per heavy atom. The lowest BCUT2D eigenvalue weighted by atomic mass is 10.5. The van der Waals surface area contributed by atoms with Gasteiger partial charge in [-0.2, -0.15) is 0 Å². The molecular formula is C12H22BrNSSi. The number of hydrogen-bond donors (Lipinski definition) is 0. The van der Waals surface area contributed by atoms with Crippen molar-refractivity contribution in [3.8, 4) is 0 Å². The summed E-state index contributed by atoms with van der Waals surface area (Å²) >= 11 is 5.49. The van der Waals surface area contributed by atoms with E-state index in [1.165, 1.54) is 0 Å². The van der Waals surface area contributed by atoms with Crippen molar-refractivity contribution in [2.45, 2.75) is 58.2 Å². The smallest absolute Gasteiger partial charge is 0.115 e. The first-order valence-corrected chi connectivity index (χ1v) is 9.85. The molecule has 0 atom stereocenters. The van der Waals surface area contributed by atoms with Crippen LogP contribution in [0.15, 0.2) is 10.1 Å². The monoisotopic (exact) mass is 319 g/mol. The van der Waals surface area contributed by atoms with Crippen LogP contribution in [-0.4, -0.2) is 13.1 Å². The number of nitrogens with zero attached hydrogens (tertiary/aromatic N) is 1. The molecule has 0 radical (unpaired) electrons. The topological polar surface area (TPSA) is 12.9 Å². The van der Waals surface area contributed by atoms with Crippen LogP contribution in [0.4, 0.5) is 0 Å². The molecule has 0 fully saturated rings. The largest absolute Gasteiger partial charge is 0.238 e. The predicted molar refractivity (Wildman–Crippen MR) is 80.5 cm³/mol. The molecule has 1 rings (SSSR count). The van der Waals surface area contributed by atoms with Gasteiger partial charge in [0.1, 0.15) is 12.7 Å². The molecule has 4 heteroatoms. The van der Waals surface area contributed by atoms with Gasteiger partial charge in [0.05, 0.1) is 5.51 Å². The van der Waals surface area contributed by atoms with Gasteiger partial charge in [-0.05, 0) is 32.6 Å². The fourth-order valence-electron chi connectivity index (χ4n) is 3.30. The lowest BCUT2D eigenvalue weighted by Gasteiger charge is -2.42. The van der Waals surface area contributed by atoms with Crippen LogP contribution < -0.4 is 4.50 Å². The molecule has 0 aromatic carbocycles. The van der Waals surface area contributed by atoms with Crippen LogP contribution >= 0.6 is 27.3 Å². The van der Waals surface area contributed by atoms with E-state index in [0.29, 0.717) is 0 Å². The third-order valence-corrected chi connectivity index (χ3v) is 13.8. The summed E-state index contributed by atoms with van der Waals surface area (Å²) < 4.78 is 2.65. The van der Waals surface area contributed by atoms with Crippen molar-refractivity contribution in [3.05, 3.63) is 10.1 Å². The van der Waals surface area contributed by atoms with Crippen LogP contribution in [0.3, 0.4) is 0 Å². The van der Waals surface area contributed by atoms with Crippen molar-refractivity contribution in [1.82, 2.24) is 4.98 Å². The second-order valence-corrected chi connectivity index (χ2v) is 13.2. The summed E-state index contributed by atoms with van der Waals surface area (Å²) in [6, 6.07) is 0. The van der Waals surface area contributed by atoms with Crippen LogP contribution in [0.2, 0.25) is 16.6 Å². The molecule has 0 bridgehead atoms. The Bertz CT molecular complexity index is 325. The third-order valence-electron chi connectivity index (χ3n) is 3.78. The highest BCUT2D eigenvalue weighted by Crippen LogP contribution is 2.42. The van der Waals surface area contributed by atoms with E-state index in [1.54, 1.807) is 4.50 Å². The van der Waals surface area contributed by atoms with Gasteiger partial charge < -0.3 is 0 Å². The van der Waals surface area contributed by atoms with Crippen molar-refractivity contribution in [2.24, 2.45) is 0 Å². The highest BCUT2D eigenvalue weighted by molar-refractivity contribution is 9.10. The van der Waals surface area contributed by atoms with Gasteiger partial charge in [-0.1, -0.05) is 41.5 Å². The SMILES string of the molecule is CC(C)[Si](c1scnc1Br)(C(C)C)C(C)C. The molecule has 16 heavy (non-hydrogen) atoms. The van der Waals surface area contributed by atoms with Crippen LogP contribution in [0, 0.1) is 0 Å². The van der Waals surface area contributed by atoms with E-state index in [-0.39, 0.29) is 0 Å². The Hall–Kier alpha value is 0.327. The minimum atomic E-state index is -1.49. The number of aromatic nitrogens is 1. The maximum absolute atomic E-state index is 4.40. The summed E-state index contributed by atoms with van der Waals surface area (Å²) in [6.07, 6.45) is 0. The normalized spacial score (nSPS) is 13.1. The molecular weight excluding hydrogens is 298 g/mol. The molecule has 1 aromatic heterocycles. The van der Waals surface area contributed by atoms with Crippen molar-refractivity contribution in [3.63, 3.8) is 0 Å². The molecule has 0 saturated carbocycles. The zero-order valence-corrected chi connectivity index (χ0v) is 14.4. The van der Waals surface area contributed by atoms with Gasteiger partial charge in [-0.15, -0.1) is 11.3 Å². The first-order valence-electron chi connectivity index (χ1n) is 5.94. The van der Waals surface area contributed by atoms with E-state index in [2.05, 4.69) is 62.5 Å². The van der Waals surface area contributed by atoms with Crippen LogP contribution in [0.5, 0.6) is 0 Å². The summed E-state index contributed by atoms with van der Waals surface area (Å²) in [4.78, 5) is 4.40. The molecule has 0 saturated heterocycles. The molecule has 1 heterocycles. The third kappa shape index (κ3) is 2.16. The standard InChI is InChI=1S/C12H22BrNSSi/c1-8(2)16(9(3)4,10(5)6)12-11(13)14-7-15-12/h7-10H,1-6H3. The summed E-state index contributed by atoms with van der Waals surface area (Å²) in [5.74, 6) is 0. The molecule has 0 aliphatic heterocycles. The molecule has 0 amide bonds. The van der Waals surface area contributed by atoms with Crippen molar-refractivity contribution in [1.29, 1.82) is 0 Å². The van der Waals surface area contributed by atoms with Gasteiger partial charge >= 0.3 is 0 Å². The van der Waals surface area contributed by atoms with Gasteiger partial charge in [0.25, 0.3) is 0 Å². The maximum atomic E-state index is 4.40. The molecule has 0 aliphatic carbocycles. The highest BCUT2D eigenvalue weighted by atomic mass is 79.9. The highest BCUT2D eigenvalue weighted by Gasteiger charge is 2.46. The van der Waals surface area contributed by atoms with E-state index >= 15 is 0 Å². The second-order valence-electron chi connectivity index (χ2n) is 5.37. The number of rotatable bonds is 4. The molecule has 92 valence electrons. The van der Waals surface area contributed by atoms with Crippen LogP contribution in [0.25, 0.3) is 0 Å². The number of hydrogen-bond acceptors (Lipinski definition) is 2. The molecule has 0 aliphatic rings. The quantitative estimate of drug-likeness (QED) is 0.727. The summed E-state index contributed by atoms with van der Waals surface area (Å²) in [6.45, 7) is 14.3. The Morgan fingerprint density at radius 1 is 1.06 bits per heavy atom. The van der Waals surface area contributed by atoms with Gasteiger partial charge in [0.15, 0.2) is 0 Å². The summed E-state index contributed by atoms with van der Waals surface area (Å²) in [7, 11) is -1.49.